The first kappa shape index (κ1) is 20.0. The molecule has 0 amide bonds. The molecule has 3 rings (SSSR count). The average Bonchev–Trinajstić information content (AvgIpc) is 2.74. The van der Waals surface area contributed by atoms with Crippen LogP contribution in [-0.2, 0) is 25.5 Å². The van der Waals surface area contributed by atoms with Crippen LogP contribution < -0.4 is 4.90 Å². The van der Waals surface area contributed by atoms with E-state index in [2.05, 4.69) is 4.90 Å². The van der Waals surface area contributed by atoms with Gasteiger partial charge in [0, 0.05) is 17.3 Å². The number of aryl methyl sites for hydroxylation is 1. The molecule has 0 aliphatic carbocycles. The van der Waals surface area contributed by atoms with Gasteiger partial charge in [0.15, 0.2) is 5.41 Å². The number of halogens is 1. The summed E-state index contributed by atoms with van der Waals surface area (Å²) >= 11 is 6.24. The van der Waals surface area contributed by atoms with Crippen molar-refractivity contribution in [1.29, 1.82) is 0 Å². The van der Waals surface area contributed by atoms with E-state index in [-0.39, 0.29) is 6.04 Å². The summed E-state index contributed by atoms with van der Waals surface area (Å²) in [4.78, 5) is 28.3. The first-order chi connectivity index (χ1) is 13.0. The van der Waals surface area contributed by atoms with Gasteiger partial charge in [-0.2, -0.15) is 0 Å². The van der Waals surface area contributed by atoms with Gasteiger partial charge in [-0.05, 0) is 49.4 Å². The summed E-state index contributed by atoms with van der Waals surface area (Å²) in [6.45, 7) is 0.801. The van der Waals surface area contributed by atoms with Gasteiger partial charge in [-0.25, -0.2) is 0 Å². The predicted molar refractivity (Wildman–Crippen MR) is 105 cm³/mol. The van der Waals surface area contributed by atoms with Crippen LogP contribution in [0, 0.1) is 5.41 Å². The summed E-state index contributed by atoms with van der Waals surface area (Å²) in [6.07, 6.45) is 7.13. The molecule has 2 heterocycles. The maximum absolute atomic E-state index is 13.0. The number of fused-ring (bicyclic) bond motifs is 3. The molecule has 0 spiro atoms. The van der Waals surface area contributed by atoms with Crippen molar-refractivity contribution in [3.63, 3.8) is 0 Å². The van der Waals surface area contributed by atoms with Crippen LogP contribution in [0.5, 0.6) is 0 Å². The lowest BCUT2D eigenvalue weighted by atomic mass is 9.73. The van der Waals surface area contributed by atoms with Crippen molar-refractivity contribution >= 4 is 29.2 Å². The fourth-order valence-corrected chi connectivity index (χ4v) is 4.91. The van der Waals surface area contributed by atoms with Crippen LogP contribution in [0.4, 0.5) is 5.69 Å². The highest BCUT2D eigenvalue weighted by atomic mass is 35.5. The quantitative estimate of drug-likeness (QED) is 0.558. The van der Waals surface area contributed by atoms with Crippen LogP contribution in [0.2, 0.25) is 5.02 Å². The lowest BCUT2D eigenvalue weighted by Crippen LogP contribution is -2.57. The molecule has 1 aromatic rings. The zero-order chi connectivity index (χ0) is 19.4. The maximum atomic E-state index is 13.0. The number of anilines is 1. The third kappa shape index (κ3) is 3.66. The number of rotatable bonds is 2. The molecular weight excluding hydrogens is 366 g/mol. The zero-order valence-corrected chi connectivity index (χ0v) is 16.9. The van der Waals surface area contributed by atoms with Gasteiger partial charge in [0.1, 0.15) is 0 Å². The van der Waals surface area contributed by atoms with Gasteiger partial charge in [-0.3, -0.25) is 9.59 Å². The van der Waals surface area contributed by atoms with Gasteiger partial charge in [0.2, 0.25) is 0 Å². The van der Waals surface area contributed by atoms with E-state index in [1.165, 1.54) is 20.6 Å². The number of esters is 2. The monoisotopic (exact) mass is 393 g/mol. The molecule has 1 unspecified atom stereocenters. The van der Waals surface area contributed by atoms with E-state index in [0.29, 0.717) is 17.9 Å². The SMILES string of the molecule is COC(=O)C1(C(=O)OC)CCc2cc(Cl)ccc2N2CCCCCCCC21. The fraction of sp³-hybridized carbons (Fsp3) is 0.619. The number of benzene rings is 1. The Morgan fingerprint density at radius 1 is 1.07 bits per heavy atom. The Hall–Kier alpha value is -1.75. The average molecular weight is 394 g/mol. The third-order valence-electron chi connectivity index (χ3n) is 6.06. The Kier molecular flexibility index (Phi) is 6.30. The normalized spacial score (nSPS) is 22.2. The predicted octanol–water partition coefficient (Wildman–Crippen LogP) is 4.15. The number of ether oxygens (including phenoxy) is 2. The van der Waals surface area contributed by atoms with Crippen molar-refractivity contribution in [2.24, 2.45) is 5.41 Å². The third-order valence-corrected chi connectivity index (χ3v) is 6.30. The first-order valence-corrected chi connectivity index (χ1v) is 10.1. The smallest absolute Gasteiger partial charge is 0.325 e. The molecule has 0 aromatic heterocycles. The largest absolute Gasteiger partial charge is 0.468 e. The Bertz CT molecular complexity index is 689. The first-order valence-electron chi connectivity index (χ1n) is 9.76. The molecule has 0 saturated carbocycles. The molecule has 5 nitrogen and oxygen atoms in total. The molecular formula is C21H28ClNO4. The Labute approximate surface area is 166 Å². The summed E-state index contributed by atoms with van der Waals surface area (Å²) in [7, 11) is 2.70. The number of nitrogens with zero attached hydrogens (tertiary/aromatic N) is 1. The van der Waals surface area contributed by atoms with Crippen molar-refractivity contribution in [2.75, 3.05) is 25.7 Å². The number of carbonyl (C=O) groups excluding carboxylic acids is 2. The minimum atomic E-state index is -1.32. The minimum absolute atomic E-state index is 0.280. The summed E-state index contributed by atoms with van der Waals surface area (Å²) < 4.78 is 10.3. The van der Waals surface area contributed by atoms with Gasteiger partial charge in [0.05, 0.1) is 20.3 Å². The van der Waals surface area contributed by atoms with Crippen LogP contribution >= 0.6 is 11.6 Å². The standard InChI is InChI=1S/C21H28ClNO4/c1-26-19(24)21(20(25)27-2)12-11-15-14-16(22)9-10-17(15)23-13-7-5-3-4-6-8-18(21)23/h9-10,14,18H,3-8,11-13H2,1-2H3. The lowest BCUT2D eigenvalue weighted by Gasteiger charge is -2.42. The van der Waals surface area contributed by atoms with Gasteiger partial charge in [0.25, 0.3) is 0 Å². The molecule has 27 heavy (non-hydrogen) atoms. The fourth-order valence-electron chi connectivity index (χ4n) is 4.72. The van der Waals surface area contributed by atoms with E-state index in [1.54, 1.807) is 0 Å². The van der Waals surface area contributed by atoms with E-state index in [4.69, 9.17) is 21.1 Å². The van der Waals surface area contributed by atoms with E-state index in [1.807, 2.05) is 18.2 Å². The molecule has 0 bridgehead atoms. The van der Waals surface area contributed by atoms with Crippen molar-refractivity contribution < 1.29 is 19.1 Å². The Morgan fingerprint density at radius 2 is 1.74 bits per heavy atom. The van der Waals surface area contributed by atoms with Gasteiger partial charge in [-0.1, -0.05) is 37.3 Å². The maximum Gasteiger partial charge on any atom is 0.325 e. The van der Waals surface area contributed by atoms with E-state index in [9.17, 15) is 9.59 Å². The second-order valence-corrected chi connectivity index (χ2v) is 7.93. The number of hydrogen-bond donors (Lipinski definition) is 0. The highest BCUT2D eigenvalue weighted by molar-refractivity contribution is 6.30. The summed E-state index contributed by atoms with van der Waals surface area (Å²) in [5.41, 5.74) is 0.821. The molecule has 1 fully saturated rings. The van der Waals surface area contributed by atoms with Gasteiger partial charge >= 0.3 is 11.9 Å². The Morgan fingerprint density at radius 3 is 2.44 bits per heavy atom. The minimum Gasteiger partial charge on any atom is -0.468 e. The number of carbonyl (C=O) groups is 2. The van der Waals surface area contributed by atoms with Crippen LogP contribution in [-0.4, -0.2) is 38.7 Å². The van der Waals surface area contributed by atoms with Crippen molar-refractivity contribution in [2.45, 2.75) is 57.4 Å². The van der Waals surface area contributed by atoms with Crippen molar-refractivity contribution in [3.05, 3.63) is 28.8 Å². The second kappa shape index (κ2) is 8.51. The molecule has 148 valence electrons. The van der Waals surface area contributed by atoms with Crippen LogP contribution in [0.25, 0.3) is 0 Å². The van der Waals surface area contributed by atoms with Crippen molar-refractivity contribution in [1.82, 2.24) is 0 Å². The van der Waals surface area contributed by atoms with E-state index in [0.717, 1.165) is 49.9 Å². The molecule has 0 N–H and O–H groups in total. The topological polar surface area (TPSA) is 55.8 Å². The molecule has 1 aromatic carbocycles. The van der Waals surface area contributed by atoms with E-state index < -0.39 is 17.4 Å². The summed E-state index contributed by atoms with van der Waals surface area (Å²) in [6, 6.07) is 5.57. The molecule has 6 heteroatoms. The molecule has 2 aliphatic heterocycles. The Balaban J connectivity index is 2.17. The summed E-state index contributed by atoms with van der Waals surface area (Å²) in [5.74, 6) is -0.995. The molecule has 2 aliphatic rings. The number of hydrogen-bond acceptors (Lipinski definition) is 5. The highest BCUT2D eigenvalue weighted by Crippen LogP contribution is 2.45. The van der Waals surface area contributed by atoms with Crippen molar-refractivity contribution in [3.8, 4) is 0 Å². The van der Waals surface area contributed by atoms with Gasteiger partial charge in [-0.15, -0.1) is 0 Å². The highest BCUT2D eigenvalue weighted by Gasteiger charge is 2.57. The summed E-state index contributed by atoms with van der Waals surface area (Å²) in [5, 5.41) is 0.665. The molecule has 0 radical (unpaired) electrons. The van der Waals surface area contributed by atoms with E-state index >= 15 is 0 Å². The molecule has 1 atom stereocenters. The van der Waals surface area contributed by atoms with Crippen LogP contribution in [0.3, 0.4) is 0 Å². The van der Waals surface area contributed by atoms with Gasteiger partial charge < -0.3 is 14.4 Å². The second-order valence-electron chi connectivity index (χ2n) is 7.49. The zero-order valence-electron chi connectivity index (χ0n) is 16.1. The van der Waals surface area contributed by atoms with Crippen LogP contribution in [0.1, 0.15) is 50.5 Å². The lowest BCUT2D eigenvalue weighted by molar-refractivity contribution is -0.171. The molecule has 1 saturated heterocycles. The van der Waals surface area contributed by atoms with Crippen LogP contribution in [0.15, 0.2) is 18.2 Å². The number of methoxy groups -OCH3 is 2.